The molecule has 5 nitrogen and oxygen atoms in total. The number of hydrogen-bond acceptors (Lipinski definition) is 4. The van der Waals surface area contributed by atoms with E-state index in [9.17, 15) is 9.59 Å². The van der Waals surface area contributed by atoms with Crippen molar-refractivity contribution in [3.8, 4) is 0 Å². The van der Waals surface area contributed by atoms with E-state index in [1.54, 1.807) is 11.0 Å². The SMILES string of the molecule is Cc1ccc2nc(C)cc(C(=O)OCC(=O)N3CCCC(C)C3)c2c1. The van der Waals surface area contributed by atoms with Crippen LogP contribution in [0.5, 0.6) is 0 Å². The Kier molecular flexibility index (Phi) is 5.02. The summed E-state index contributed by atoms with van der Waals surface area (Å²) in [5.41, 5.74) is 3.02. The quantitative estimate of drug-likeness (QED) is 0.805. The zero-order chi connectivity index (χ0) is 18.0. The van der Waals surface area contributed by atoms with E-state index in [0.717, 1.165) is 48.1 Å². The Morgan fingerprint density at radius 3 is 2.84 bits per heavy atom. The number of nitrogens with zero attached hydrogens (tertiary/aromatic N) is 2. The first-order valence-corrected chi connectivity index (χ1v) is 8.77. The summed E-state index contributed by atoms with van der Waals surface area (Å²) in [6.07, 6.45) is 2.15. The highest BCUT2D eigenvalue weighted by Gasteiger charge is 2.22. The summed E-state index contributed by atoms with van der Waals surface area (Å²) >= 11 is 0. The van der Waals surface area contributed by atoms with Crippen molar-refractivity contribution in [2.24, 2.45) is 5.92 Å². The van der Waals surface area contributed by atoms with Crippen LogP contribution in [0.25, 0.3) is 10.9 Å². The van der Waals surface area contributed by atoms with Gasteiger partial charge in [-0.1, -0.05) is 18.6 Å². The maximum Gasteiger partial charge on any atom is 0.339 e. The highest BCUT2D eigenvalue weighted by Crippen LogP contribution is 2.21. The summed E-state index contributed by atoms with van der Waals surface area (Å²) in [5.74, 6) is -0.0890. The van der Waals surface area contributed by atoms with E-state index in [2.05, 4.69) is 11.9 Å². The number of pyridine rings is 1. The van der Waals surface area contributed by atoms with Gasteiger partial charge < -0.3 is 9.64 Å². The first-order valence-electron chi connectivity index (χ1n) is 8.77. The number of piperidine rings is 1. The Bertz CT molecular complexity index is 816. The Morgan fingerprint density at radius 1 is 1.28 bits per heavy atom. The Balaban J connectivity index is 1.74. The number of aryl methyl sites for hydroxylation is 2. The predicted molar refractivity (Wildman–Crippen MR) is 96.5 cm³/mol. The number of hydrogen-bond donors (Lipinski definition) is 0. The fourth-order valence-electron chi connectivity index (χ4n) is 3.35. The number of aromatic nitrogens is 1. The van der Waals surface area contributed by atoms with E-state index in [1.807, 2.05) is 32.0 Å². The molecule has 1 aliphatic heterocycles. The molecule has 1 aromatic carbocycles. The minimum atomic E-state index is -0.473. The highest BCUT2D eigenvalue weighted by atomic mass is 16.5. The Morgan fingerprint density at radius 2 is 2.08 bits per heavy atom. The lowest BCUT2D eigenvalue weighted by molar-refractivity contribution is -0.136. The molecule has 5 heteroatoms. The third kappa shape index (κ3) is 3.98. The van der Waals surface area contributed by atoms with Gasteiger partial charge in [-0.15, -0.1) is 0 Å². The molecule has 0 aliphatic carbocycles. The zero-order valence-electron chi connectivity index (χ0n) is 15.0. The topological polar surface area (TPSA) is 59.5 Å². The van der Waals surface area contributed by atoms with E-state index in [1.165, 1.54) is 0 Å². The first kappa shape index (κ1) is 17.4. The van der Waals surface area contributed by atoms with Crippen LogP contribution in [0.3, 0.4) is 0 Å². The molecule has 1 atom stereocenters. The molecule has 25 heavy (non-hydrogen) atoms. The fourth-order valence-corrected chi connectivity index (χ4v) is 3.35. The van der Waals surface area contributed by atoms with E-state index in [4.69, 9.17) is 4.74 Å². The van der Waals surface area contributed by atoms with Crippen molar-refractivity contribution in [2.45, 2.75) is 33.6 Å². The van der Waals surface area contributed by atoms with E-state index < -0.39 is 5.97 Å². The maximum absolute atomic E-state index is 12.6. The summed E-state index contributed by atoms with van der Waals surface area (Å²) in [7, 11) is 0. The number of carbonyl (C=O) groups excluding carboxylic acids is 2. The molecule has 1 unspecified atom stereocenters. The molecule has 2 heterocycles. The predicted octanol–water partition coefficient (Wildman–Crippen LogP) is 3.27. The smallest absolute Gasteiger partial charge is 0.339 e. The van der Waals surface area contributed by atoms with Crippen LogP contribution in [0.15, 0.2) is 24.3 Å². The van der Waals surface area contributed by atoms with Gasteiger partial charge in [0.1, 0.15) is 0 Å². The fraction of sp³-hybridized carbons (Fsp3) is 0.450. The van der Waals surface area contributed by atoms with Crippen LogP contribution in [0.1, 0.15) is 41.4 Å². The number of ether oxygens (including phenoxy) is 1. The van der Waals surface area contributed by atoms with E-state index >= 15 is 0 Å². The van der Waals surface area contributed by atoms with Crippen LogP contribution >= 0.6 is 0 Å². The number of rotatable bonds is 3. The second kappa shape index (κ2) is 7.21. The van der Waals surface area contributed by atoms with Gasteiger partial charge in [0.15, 0.2) is 6.61 Å². The van der Waals surface area contributed by atoms with Crippen LogP contribution in [0.2, 0.25) is 0 Å². The van der Waals surface area contributed by atoms with Crippen LogP contribution in [-0.4, -0.2) is 41.5 Å². The van der Waals surface area contributed by atoms with Gasteiger partial charge in [-0.3, -0.25) is 9.78 Å². The summed E-state index contributed by atoms with van der Waals surface area (Å²) in [4.78, 5) is 31.1. The molecule has 3 rings (SSSR count). The Hall–Kier alpha value is -2.43. The van der Waals surface area contributed by atoms with Crippen molar-refractivity contribution in [1.82, 2.24) is 9.88 Å². The average molecular weight is 340 g/mol. The minimum Gasteiger partial charge on any atom is -0.452 e. The zero-order valence-corrected chi connectivity index (χ0v) is 15.0. The standard InChI is InChI=1S/C20H24N2O3/c1-13-6-7-18-16(9-13)17(10-15(3)21-18)20(24)25-12-19(23)22-8-4-5-14(2)11-22/h6-7,9-10,14H,4-5,8,11-12H2,1-3H3. The van der Waals surface area contributed by atoms with Crippen LogP contribution in [0.4, 0.5) is 0 Å². The molecule has 132 valence electrons. The molecule has 0 radical (unpaired) electrons. The lowest BCUT2D eigenvalue weighted by Gasteiger charge is -2.30. The van der Waals surface area contributed by atoms with Crippen LogP contribution in [-0.2, 0) is 9.53 Å². The van der Waals surface area contributed by atoms with E-state index in [-0.39, 0.29) is 12.5 Å². The molecule has 1 aliphatic rings. The molecule has 1 amide bonds. The molecule has 0 N–H and O–H groups in total. The minimum absolute atomic E-state index is 0.119. The van der Waals surface area contributed by atoms with Crippen LogP contribution < -0.4 is 0 Å². The van der Waals surface area contributed by atoms with Crippen molar-refractivity contribution >= 4 is 22.8 Å². The Labute approximate surface area is 148 Å². The summed E-state index contributed by atoms with van der Waals surface area (Å²) in [6, 6.07) is 7.50. The lowest BCUT2D eigenvalue weighted by atomic mass is 10.0. The summed E-state index contributed by atoms with van der Waals surface area (Å²) < 4.78 is 5.32. The monoisotopic (exact) mass is 340 g/mol. The van der Waals surface area contributed by atoms with Crippen molar-refractivity contribution < 1.29 is 14.3 Å². The highest BCUT2D eigenvalue weighted by molar-refractivity contribution is 6.04. The van der Waals surface area contributed by atoms with Crippen molar-refractivity contribution in [3.05, 3.63) is 41.1 Å². The summed E-state index contributed by atoms with van der Waals surface area (Å²) in [6.45, 7) is 7.23. The van der Waals surface area contributed by atoms with Crippen molar-refractivity contribution in [3.63, 3.8) is 0 Å². The number of likely N-dealkylation sites (tertiary alicyclic amines) is 1. The van der Waals surface area contributed by atoms with Gasteiger partial charge in [0.05, 0.1) is 11.1 Å². The molecule has 1 fully saturated rings. The third-order valence-electron chi connectivity index (χ3n) is 4.65. The lowest BCUT2D eigenvalue weighted by Crippen LogP contribution is -2.41. The van der Waals surface area contributed by atoms with Gasteiger partial charge in [-0.2, -0.15) is 0 Å². The maximum atomic E-state index is 12.6. The van der Waals surface area contributed by atoms with Gasteiger partial charge in [0, 0.05) is 24.2 Å². The van der Waals surface area contributed by atoms with Crippen molar-refractivity contribution in [2.75, 3.05) is 19.7 Å². The number of esters is 1. The van der Waals surface area contributed by atoms with Gasteiger partial charge in [0.2, 0.25) is 0 Å². The second-order valence-electron chi connectivity index (χ2n) is 7.00. The normalized spacial score (nSPS) is 17.6. The average Bonchev–Trinajstić information content (AvgIpc) is 2.59. The first-order chi connectivity index (χ1) is 11.9. The molecular formula is C20H24N2O3. The molecule has 1 saturated heterocycles. The number of fused-ring (bicyclic) bond motifs is 1. The number of carbonyl (C=O) groups is 2. The number of benzene rings is 1. The third-order valence-corrected chi connectivity index (χ3v) is 4.65. The molecule has 0 bridgehead atoms. The molecule has 1 aromatic heterocycles. The summed E-state index contributed by atoms with van der Waals surface area (Å²) in [5, 5.41) is 0.759. The molecule has 2 aromatic rings. The van der Waals surface area contributed by atoms with Gasteiger partial charge in [-0.25, -0.2) is 4.79 Å². The van der Waals surface area contributed by atoms with Gasteiger partial charge in [0.25, 0.3) is 5.91 Å². The molecule has 0 saturated carbocycles. The second-order valence-corrected chi connectivity index (χ2v) is 7.00. The molecule has 0 spiro atoms. The largest absolute Gasteiger partial charge is 0.452 e. The number of amides is 1. The van der Waals surface area contributed by atoms with Crippen LogP contribution in [0, 0.1) is 19.8 Å². The van der Waals surface area contributed by atoms with Crippen molar-refractivity contribution in [1.29, 1.82) is 0 Å². The molecular weight excluding hydrogens is 316 g/mol. The van der Waals surface area contributed by atoms with E-state index in [0.29, 0.717) is 11.5 Å². The van der Waals surface area contributed by atoms with Gasteiger partial charge >= 0.3 is 5.97 Å². The van der Waals surface area contributed by atoms with Gasteiger partial charge in [-0.05, 0) is 50.8 Å².